The van der Waals surface area contributed by atoms with Crippen molar-refractivity contribution in [2.75, 3.05) is 13.2 Å². The summed E-state index contributed by atoms with van der Waals surface area (Å²) in [5.74, 6) is -0.164. The zero-order valence-corrected chi connectivity index (χ0v) is 17.8. The van der Waals surface area contributed by atoms with Gasteiger partial charge in [0.05, 0.1) is 17.6 Å². The van der Waals surface area contributed by atoms with Crippen LogP contribution in [0.15, 0.2) is 24.3 Å². The largest absolute Gasteiger partial charge is 0.376 e. The first-order valence-electron chi connectivity index (χ1n) is 11.4. The van der Waals surface area contributed by atoms with Crippen molar-refractivity contribution in [3.63, 3.8) is 0 Å². The summed E-state index contributed by atoms with van der Waals surface area (Å²) in [6.45, 7) is 5.60. The molecule has 4 rings (SSSR count). The molecule has 29 heavy (non-hydrogen) atoms. The highest BCUT2D eigenvalue weighted by molar-refractivity contribution is 6.02. The smallest absolute Gasteiger partial charge is 0.254 e. The van der Waals surface area contributed by atoms with E-state index in [4.69, 9.17) is 4.74 Å². The highest BCUT2D eigenvalue weighted by Crippen LogP contribution is 2.50. The molecule has 2 heterocycles. The molecule has 1 aromatic carbocycles. The summed E-state index contributed by atoms with van der Waals surface area (Å²) in [4.78, 5) is 29.3. The van der Waals surface area contributed by atoms with Gasteiger partial charge in [0.1, 0.15) is 0 Å². The number of hydrogen-bond acceptors (Lipinski definition) is 3. The maximum atomic E-state index is 13.6. The van der Waals surface area contributed by atoms with E-state index < -0.39 is 5.54 Å². The number of ether oxygens (including phenoxy) is 1. The number of benzene rings is 1. The Morgan fingerprint density at radius 2 is 2.00 bits per heavy atom. The highest BCUT2D eigenvalue weighted by atomic mass is 16.5. The standard InChI is InChI=1S/C24H34N2O3/c1-3-17(2)26-23(28)20-12-6-5-11-19(20)21(24(26)13-7-4-8-14-24)22(27)25-16-18-10-9-15-29-18/h5-6,11-12,17-18,21H,3-4,7-10,13-16H2,1-2H3,(H,25,27)/t17-,18+,21-/m0/s1. The van der Waals surface area contributed by atoms with Gasteiger partial charge in [-0.05, 0) is 50.7 Å². The van der Waals surface area contributed by atoms with Gasteiger partial charge in [-0.2, -0.15) is 0 Å². The molecule has 1 aromatic rings. The van der Waals surface area contributed by atoms with Crippen LogP contribution in [0.25, 0.3) is 0 Å². The van der Waals surface area contributed by atoms with E-state index in [1.807, 2.05) is 24.3 Å². The summed E-state index contributed by atoms with van der Waals surface area (Å²) in [5, 5.41) is 3.20. The molecule has 2 fully saturated rings. The fourth-order valence-electron chi connectivity index (χ4n) is 5.73. The van der Waals surface area contributed by atoms with E-state index in [2.05, 4.69) is 24.1 Å². The second-order valence-electron chi connectivity index (χ2n) is 9.00. The second kappa shape index (κ2) is 8.47. The van der Waals surface area contributed by atoms with Crippen molar-refractivity contribution in [2.24, 2.45) is 0 Å². The van der Waals surface area contributed by atoms with Gasteiger partial charge in [-0.25, -0.2) is 0 Å². The van der Waals surface area contributed by atoms with Gasteiger partial charge >= 0.3 is 0 Å². The Morgan fingerprint density at radius 3 is 2.69 bits per heavy atom. The van der Waals surface area contributed by atoms with E-state index in [1.165, 1.54) is 6.42 Å². The number of nitrogens with zero attached hydrogens (tertiary/aromatic N) is 1. The van der Waals surface area contributed by atoms with Crippen molar-refractivity contribution >= 4 is 11.8 Å². The minimum absolute atomic E-state index is 0.0515. The normalized spacial score (nSPS) is 27.0. The first kappa shape index (κ1) is 20.4. The molecule has 0 unspecified atom stereocenters. The lowest BCUT2D eigenvalue weighted by Crippen LogP contribution is -2.65. The van der Waals surface area contributed by atoms with E-state index in [0.717, 1.165) is 57.1 Å². The number of fused-ring (bicyclic) bond motifs is 1. The van der Waals surface area contributed by atoms with Crippen LogP contribution in [0, 0.1) is 0 Å². The minimum Gasteiger partial charge on any atom is -0.376 e. The predicted molar refractivity (Wildman–Crippen MR) is 113 cm³/mol. The summed E-state index contributed by atoms with van der Waals surface area (Å²) in [5.41, 5.74) is 1.18. The summed E-state index contributed by atoms with van der Waals surface area (Å²) in [6.07, 6.45) is 8.18. The Hall–Kier alpha value is -1.88. The molecule has 158 valence electrons. The zero-order valence-electron chi connectivity index (χ0n) is 17.8. The topological polar surface area (TPSA) is 58.6 Å². The quantitative estimate of drug-likeness (QED) is 0.815. The third-order valence-corrected chi connectivity index (χ3v) is 7.28. The lowest BCUT2D eigenvalue weighted by Gasteiger charge is -2.55. The van der Waals surface area contributed by atoms with Crippen LogP contribution in [0.1, 0.15) is 87.1 Å². The molecular weight excluding hydrogens is 364 g/mol. The number of hydrogen-bond donors (Lipinski definition) is 1. The van der Waals surface area contributed by atoms with E-state index in [-0.39, 0.29) is 29.9 Å². The van der Waals surface area contributed by atoms with Crippen LogP contribution in [-0.4, -0.2) is 47.6 Å². The maximum absolute atomic E-state index is 13.6. The molecule has 1 saturated carbocycles. The molecule has 2 aliphatic heterocycles. The Labute approximate surface area is 174 Å². The van der Waals surface area contributed by atoms with Crippen molar-refractivity contribution in [2.45, 2.75) is 88.8 Å². The highest BCUT2D eigenvalue weighted by Gasteiger charge is 2.55. The first-order valence-corrected chi connectivity index (χ1v) is 11.4. The predicted octanol–water partition coefficient (Wildman–Crippen LogP) is 4.02. The fraction of sp³-hybridized carbons (Fsp3) is 0.667. The summed E-state index contributed by atoms with van der Waals surface area (Å²) < 4.78 is 5.71. The molecule has 1 saturated heterocycles. The van der Waals surface area contributed by atoms with Crippen molar-refractivity contribution in [3.05, 3.63) is 35.4 Å². The van der Waals surface area contributed by atoms with Gasteiger partial charge in [-0.15, -0.1) is 0 Å². The maximum Gasteiger partial charge on any atom is 0.254 e. The van der Waals surface area contributed by atoms with E-state index >= 15 is 0 Å². The van der Waals surface area contributed by atoms with Gasteiger partial charge in [0, 0.05) is 24.8 Å². The summed E-state index contributed by atoms with van der Waals surface area (Å²) >= 11 is 0. The molecule has 1 spiro atoms. The summed E-state index contributed by atoms with van der Waals surface area (Å²) in [7, 11) is 0. The third-order valence-electron chi connectivity index (χ3n) is 7.28. The van der Waals surface area contributed by atoms with Crippen molar-refractivity contribution in [1.82, 2.24) is 10.2 Å². The molecule has 3 atom stereocenters. The molecule has 2 amide bonds. The van der Waals surface area contributed by atoms with Crippen LogP contribution >= 0.6 is 0 Å². The molecule has 0 bridgehead atoms. The average Bonchev–Trinajstić information content (AvgIpc) is 3.26. The number of carbonyl (C=O) groups is 2. The van der Waals surface area contributed by atoms with Gasteiger partial charge in [0.2, 0.25) is 5.91 Å². The molecule has 1 aliphatic carbocycles. The van der Waals surface area contributed by atoms with Crippen LogP contribution < -0.4 is 5.32 Å². The molecule has 3 aliphatic rings. The summed E-state index contributed by atoms with van der Waals surface area (Å²) in [6, 6.07) is 7.87. The van der Waals surface area contributed by atoms with E-state index in [9.17, 15) is 9.59 Å². The van der Waals surface area contributed by atoms with Gasteiger partial charge in [0.15, 0.2) is 0 Å². The van der Waals surface area contributed by atoms with Crippen LogP contribution in [-0.2, 0) is 9.53 Å². The first-order chi connectivity index (χ1) is 14.1. The Bertz CT molecular complexity index is 750. The molecular formula is C24H34N2O3. The lowest BCUT2D eigenvalue weighted by atomic mass is 9.64. The molecule has 0 radical (unpaired) electrons. The van der Waals surface area contributed by atoms with Crippen LogP contribution in [0.3, 0.4) is 0 Å². The SMILES string of the molecule is CC[C@H](C)N1C(=O)c2ccccc2[C@@H](C(=O)NC[C@H]2CCCO2)C12CCCCC2. The fourth-order valence-corrected chi connectivity index (χ4v) is 5.73. The van der Waals surface area contributed by atoms with Crippen LogP contribution in [0.5, 0.6) is 0 Å². The Balaban J connectivity index is 1.74. The molecule has 1 N–H and O–H groups in total. The van der Waals surface area contributed by atoms with Crippen LogP contribution in [0.4, 0.5) is 0 Å². The molecule has 5 heteroatoms. The van der Waals surface area contributed by atoms with E-state index in [1.54, 1.807) is 0 Å². The van der Waals surface area contributed by atoms with Gasteiger partial charge in [0.25, 0.3) is 5.91 Å². The minimum atomic E-state index is -0.417. The Kier molecular flexibility index (Phi) is 5.95. The zero-order chi connectivity index (χ0) is 20.4. The monoisotopic (exact) mass is 398 g/mol. The lowest BCUT2D eigenvalue weighted by molar-refractivity contribution is -0.128. The second-order valence-corrected chi connectivity index (χ2v) is 9.00. The van der Waals surface area contributed by atoms with Gasteiger partial charge in [-0.1, -0.05) is 44.4 Å². The van der Waals surface area contributed by atoms with Crippen LogP contribution in [0.2, 0.25) is 0 Å². The van der Waals surface area contributed by atoms with E-state index in [0.29, 0.717) is 12.1 Å². The van der Waals surface area contributed by atoms with Crippen molar-refractivity contribution in [3.8, 4) is 0 Å². The number of carbonyl (C=O) groups excluding carboxylic acids is 2. The number of amides is 2. The van der Waals surface area contributed by atoms with Gasteiger partial charge < -0.3 is 15.0 Å². The van der Waals surface area contributed by atoms with Gasteiger partial charge in [-0.3, -0.25) is 9.59 Å². The van der Waals surface area contributed by atoms with Crippen molar-refractivity contribution < 1.29 is 14.3 Å². The Morgan fingerprint density at radius 1 is 1.24 bits per heavy atom. The number of nitrogens with one attached hydrogen (secondary N) is 1. The molecule has 0 aromatic heterocycles. The number of rotatable bonds is 5. The van der Waals surface area contributed by atoms with Crippen molar-refractivity contribution in [1.29, 1.82) is 0 Å². The average molecular weight is 399 g/mol. The third kappa shape index (κ3) is 3.58. The molecule has 5 nitrogen and oxygen atoms in total.